The zero-order valence-corrected chi connectivity index (χ0v) is 24.0. The second-order valence-corrected chi connectivity index (χ2v) is 14.7. The van der Waals surface area contributed by atoms with Crippen molar-refractivity contribution in [3.05, 3.63) is 0 Å². The Morgan fingerprint density at radius 3 is 1.24 bits per heavy atom. The summed E-state index contributed by atoms with van der Waals surface area (Å²) in [6.45, 7) is 18.7. The minimum absolute atomic E-state index is 0.279. The van der Waals surface area contributed by atoms with Gasteiger partial charge < -0.3 is 36.3 Å². The first kappa shape index (κ1) is 29.3. The third-order valence-electron chi connectivity index (χ3n) is 4.23. The molecule has 176 valence electrons. The highest BCUT2D eigenvalue weighted by atomic mass is 28.4. The van der Waals surface area contributed by atoms with Gasteiger partial charge in [0.25, 0.3) is 5.03 Å². The Hall–Kier alpha value is 0.331. The topological polar surface area (TPSA) is 73.8 Å². The van der Waals surface area contributed by atoms with Crippen molar-refractivity contribution >= 4 is 27.6 Å². The third-order valence-corrected chi connectivity index (χ3v) is 15.8. The van der Waals surface area contributed by atoms with Crippen molar-refractivity contribution in [2.24, 2.45) is 0 Å². The monoisotopic (exact) mass is 472 g/mol. The number of hydrogen-bond donors (Lipinski definition) is 0. The van der Waals surface area contributed by atoms with Crippen LogP contribution in [0.4, 0.5) is 0 Å². The Kier molecular flexibility index (Phi) is 15.4. The molecule has 0 aliphatic heterocycles. The molecule has 0 aromatic heterocycles. The number of rotatable bonds is 19. The van der Waals surface area contributed by atoms with Crippen LogP contribution in [0.2, 0.25) is 0 Å². The van der Waals surface area contributed by atoms with Gasteiger partial charge in [-0.2, -0.15) is 0 Å². The van der Waals surface area contributed by atoms with Gasteiger partial charge in [0.05, 0.1) is 5.35 Å². The molecule has 0 fully saturated rings. The molecule has 1 atom stereocenters. The van der Waals surface area contributed by atoms with Crippen molar-refractivity contribution in [3.63, 3.8) is 0 Å². The summed E-state index contributed by atoms with van der Waals surface area (Å²) in [4.78, 5) is 0. The fraction of sp³-hybridized carbons (Fsp3) is 1.00. The summed E-state index contributed by atoms with van der Waals surface area (Å²) in [5, 5.41) is -1.70. The second kappa shape index (κ2) is 15.2. The predicted octanol–water partition coefficient (Wildman–Crippen LogP) is 1.66. The predicted molar refractivity (Wildman–Crippen MR) is 121 cm³/mol. The molecule has 0 bridgehead atoms. The van der Waals surface area contributed by atoms with E-state index in [1.807, 2.05) is 55.4 Å². The van der Waals surface area contributed by atoms with Crippen LogP contribution in [0.5, 0.6) is 0 Å². The first-order valence-corrected chi connectivity index (χ1v) is 15.8. The average Bonchev–Trinajstić information content (AvgIpc) is 2.68. The van der Waals surface area contributed by atoms with Crippen molar-refractivity contribution in [2.75, 3.05) is 52.9 Å². The molecule has 29 heavy (non-hydrogen) atoms. The first-order valence-electron chi connectivity index (χ1n) is 11.0. The van der Waals surface area contributed by atoms with Crippen molar-refractivity contribution in [3.8, 4) is 0 Å². The van der Waals surface area contributed by atoms with Gasteiger partial charge in [-0.15, -0.1) is 0 Å². The molecule has 0 rings (SSSR count). The highest BCUT2D eigenvalue weighted by molar-refractivity contribution is 6.90. The van der Waals surface area contributed by atoms with Gasteiger partial charge in [-0.3, -0.25) is 0 Å². The van der Waals surface area contributed by atoms with Crippen molar-refractivity contribution in [1.29, 1.82) is 0 Å². The van der Waals surface area contributed by atoms with E-state index in [1.165, 1.54) is 0 Å². The van der Waals surface area contributed by atoms with Gasteiger partial charge in [-0.1, -0.05) is 0 Å². The van der Waals surface area contributed by atoms with Crippen molar-refractivity contribution in [1.82, 2.24) is 0 Å². The molecule has 8 nitrogen and oxygen atoms in total. The molecule has 0 heterocycles. The zero-order valence-electron chi connectivity index (χ0n) is 20.0. The van der Waals surface area contributed by atoms with Crippen LogP contribution in [0.15, 0.2) is 0 Å². The molecule has 0 N–H and O–H groups in total. The Labute approximate surface area is 182 Å². The molecule has 0 aliphatic rings. The molecule has 0 aromatic carbocycles. The van der Waals surface area contributed by atoms with E-state index < -0.39 is 22.4 Å². The summed E-state index contributed by atoms with van der Waals surface area (Å²) >= 11 is 0. The van der Waals surface area contributed by atoms with Gasteiger partial charge in [-0.25, -0.2) is 0 Å². The summed E-state index contributed by atoms with van der Waals surface area (Å²) in [5.74, 6) is 0. The van der Waals surface area contributed by atoms with Gasteiger partial charge in [0.15, 0.2) is 0 Å². The second-order valence-electron chi connectivity index (χ2n) is 5.97. The van der Waals surface area contributed by atoms with Gasteiger partial charge in [0.2, 0.25) is 0 Å². The van der Waals surface area contributed by atoms with Crippen LogP contribution in [-0.4, -0.2) is 90.8 Å². The molecule has 1 unspecified atom stereocenters. The Balaban J connectivity index is 7.10. The standard InChI is InChI=1S/C18H44O8Si3/c1-9-19-17(27)28(22-12-4,23-13-5)18(20-10-2,21-11-3)29(24-14-6,25-15-7)26-16-8/h17H,9-16H2,1-8,27H3. The van der Waals surface area contributed by atoms with Crippen LogP contribution in [0.1, 0.15) is 55.4 Å². The number of ether oxygens (including phenoxy) is 3. The lowest BCUT2D eigenvalue weighted by atomic mass is 10.8. The van der Waals surface area contributed by atoms with Crippen LogP contribution in [0.25, 0.3) is 0 Å². The lowest BCUT2D eigenvalue weighted by molar-refractivity contribution is -0.199. The summed E-state index contributed by atoms with van der Waals surface area (Å²) < 4.78 is 50.8. The molecule has 0 amide bonds. The summed E-state index contributed by atoms with van der Waals surface area (Å²) in [6.07, 6.45) is 0. The molecule has 0 aromatic rings. The Bertz CT molecular complexity index is 388. The molecule has 0 saturated carbocycles. The molecule has 0 radical (unpaired) electrons. The summed E-state index contributed by atoms with van der Waals surface area (Å²) in [5.41, 5.74) is 0. The molecular formula is C18H44O8Si3. The molecule has 0 saturated heterocycles. The fourth-order valence-electron chi connectivity index (χ4n) is 3.54. The van der Waals surface area contributed by atoms with Crippen molar-refractivity contribution in [2.45, 2.75) is 65.8 Å². The van der Waals surface area contributed by atoms with Crippen molar-refractivity contribution < 1.29 is 36.3 Å². The van der Waals surface area contributed by atoms with E-state index in [1.54, 1.807) is 0 Å². The lowest BCUT2D eigenvalue weighted by Crippen LogP contribution is -2.84. The lowest BCUT2D eigenvalue weighted by Gasteiger charge is -2.52. The van der Waals surface area contributed by atoms with Gasteiger partial charge in [-0.05, 0) is 55.4 Å². The normalized spacial score (nSPS) is 14.5. The highest BCUT2D eigenvalue weighted by Crippen LogP contribution is 2.41. The first-order chi connectivity index (χ1) is 13.9. The highest BCUT2D eigenvalue weighted by Gasteiger charge is 2.80. The van der Waals surface area contributed by atoms with Crippen LogP contribution >= 0.6 is 0 Å². The SMILES string of the molecule is CCOC([SiH3])[Si](OCC)(OCC)C(OCC)(OCC)[Si](OCC)(OCC)OCC. The smallest absolute Gasteiger partial charge is 0.390 e. The number of hydrogen-bond acceptors (Lipinski definition) is 8. The van der Waals surface area contributed by atoms with Crippen LogP contribution in [-0.2, 0) is 36.3 Å². The summed E-state index contributed by atoms with van der Waals surface area (Å²) in [7, 11) is -6.36. The van der Waals surface area contributed by atoms with Crippen LogP contribution in [0.3, 0.4) is 0 Å². The Morgan fingerprint density at radius 2 is 0.966 bits per heavy atom. The van der Waals surface area contributed by atoms with Gasteiger partial charge >= 0.3 is 17.4 Å². The van der Waals surface area contributed by atoms with E-state index in [2.05, 4.69) is 0 Å². The van der Waals surface area contributed by atoms with Gasteiger partial charge in [0, 0.05) is 63.1 Å². The minimum atomic E-state index is -3.61. The van der Waals surface area contributed by atoms with E-state index >= 15 is 0 Å². The molecule has 0 spiro atoms. The van der Waals surface area contributed by atoms with E-state index in [-0.39, 0.29) is 5.35 Å². The fourth-order valence-corrected chi connectivity index (χ4v) is 16.3. The van der Waals surface area contributed by atoms with Gasteiger partial charge in [0.1, 0.15) is 0 Å². The average molecular weight is 473 g/mol. The quantitative estimate of drug-likeness (QED) is 0.208. The third kappa shape index (κ3) is 6.42. The van der Waals surface area contributed by atoms with E-state index in [4.69, 9.17) is 36.3 Å². The Morgan fingerprint density at radius 1 is 0.586 bits per heavy atom. The maximum atomic E-state index is 6.47. The molecule has 11 heteroatoms. The minimum Gasteiger partial charge on any atom is -0.390 e. The van der Waals surface area contributed by atoms with E-state index in [0.29, 0.717) is 63.1 Å². The molecular weight excluding hydrogens is 428 g/mol. The zero-order chi connectivity index (χ0) is 22.4. The largest absolute Gasteiger partial charge is 0.565 e. The van der Waals surface area contributed by atoms with E-state index in [9.17, 15) is 0 Å². The van der Waals surface area contributed by atoms with Crippen LogP contribution in [0, 0.1) is 0 Å². The maximum absolute atomic E-state index is 6.47. The molecule has 0 aliphatic carbocycles. The van der Waals surface area contributed by atoms with Crippen LogP contribution < -0.4 is 0 Å². The summed E-state index contributed by atoms with van der Waals surface area (Å²) in [6, 6.07) is 0. The van der Waals surface area contributed by atoms with E-state index in [0.717, 1.165) is 0 Å². The maximum Gasteiger partial charge on any atom is 0.565 e.